The minimum atomic E-state index is -0.708. The second kappa shape index (κ2) is 11.5. The molecule has 3 rings (SSSR count). The SMILES string of the molecule is CCOC(=O)C(CC(=O)c1ccc(OCCCN2CCCC2)cc1)c1ccccn1. The highest BCUT2D eigenvalue weighted by molar-refractivity contribution is 5.99. The molecule has 1 aromatic carbocycles. The molecule has 1 unspecified atom stereocenters. The Labute approximate surface area is 178 Å². The number of aromatic nitrogens is 1. The minimum absolute atomic E-state index is 0.0197. The van der Waals surface area contributed by atoms with Crippen molar-refractivity contribution in [1.29, 1.82) is 0 Å². The van der Waals surface area contributed by atoms with Crippen molar-refractivity contribution in [1.82, 2.24) is 9.88 Å². The number of benzene rings is 1. The lowest BCUT2D eigenvalue weighted by Crippen LogP contribution is -2.21. The third-order valence-corrected chi connectivity index (χ3v) is 5.27. The third kappa shape index (κ3) is 6.39. The summed E-state index contributed by atoms with van der Waals surface area (Å²) in [6.45, 7) is 6.14. The van der Waals surface area contributed by atoms with Crippen molar-refractivity contribution in [3.8, 4) is 5.75 Å². The molecule has 2 heterocycles. The van der Waals surface area contributed by atoms with Crippen molar-refractivity contribution >= 4 is 11.8 Å². The van der Waals surface area contributed by atoms with Crippen molar-refractivity contribution < 1.29 is 19.1 Å². The van der Waals surface area contributed by atoms with Crippen LogP contribution in [0, 0.1) is 0 Å². The van der Waals surface area contributed by atoms with Crippen LogP contribution in [0.1, 0.15) is 54.6 Å². The molecule has 0 bridgehead atoms. The molecule has 30 heavy (non-hydrogen) atoms. The molecule has 2 aromatic rings. The fourth-order valence-corrected chi connectivity index (χ4v) is 3.66. The number of carbonyl (C=O) groups is 2. The molecule has 6 nitrogen and oxygen atoms in total. The molecule has 1 atom stereocenters. The molecule has 0 saturated carbocycles. The maximum Gasteiger partial charge on any atom is 0.315 e. The molecule has 0 radical (unpaired) electrons. The van der Waals surface area contributed by atoms with Crippen LogP contribution in [-0.4, -0.2) is 54.5 Å². The van der Waals surface area contributed by atoms with Gasteiger partial charge >= 0.3 is 5.97 Å². The molecular weight excluding hydrogens is 380 g/mol. The number of likely N-dealkylation sites (tertiary alicyclic amines) is 1. The predicted molar refractivity (Wildman–Crippen MR) is 115 cm³/mol. The van der Waals surface area contributed by atoms with E-state index in [0.29, 0.717) is 17.9 Å². The highest BCUT2D eigenvalue weighted by atomic mass is 16.5. The molecule has 160 valence electrons. The number of ether oxygens (including phenoxy) is 2. The quantitative estimate of drug-likeness (QED) is 0.318. The Hall–Kier alpha value is -2.73. The van der Waals surface area contributed by atoms with Gasteiger partial charge in [-0.2, -0.15) is 0 Å². The minimum Gasteiger partial charge on any atom is -0.494 e. The van der Waals surface area contributed by atoms with Gasteiger partial charge in [0.15, 0.2) is 5.78 Å². The monoisotopic (exact) mass is 410 g/mol. The van der Waals surface area contributed by atoms with Crippen LogP contribution >= 0.6 is 0 Å². The van der Waals surface area contributed by atoms with Crippen LogP contribution in [0.25, 0.3) is 0 Å². The zero-order chi connectivity index (χ0) is 21.2. The largest absolute Gasteiger partial charge is 0.494 e. The Morgan fingerprint density at radius 1 is 1.10 bits per heavy atom. The van der Waals surface area contributed by atoms with Gasteiger partial charge in [-0.05, 0) is 75.7 Å². The molecule has 0 spiro atoms. The number of hydrogen-bond donors (Lipinski definition) is 0. The van der Waals surface area contributed by atoms with Crippen LogP contribution in [0.4, 0.5) is 0 Å². The fourth-order valence-electron chi connectivity index (χ4n) is 3.66. The van der Waals surface area contributed by atoms with E-state index >= 15 is 0 Å². The first-order valence-corrected chi connectivity index (χ1v) is 10.7. The van der Waals surface area contributed by atoms with E-state index in [1.807, 2.05) is 12.1 Å². The number of esters is 1. The summed E-state index contributed by atoms with van der Waals surface area (Å²) >= 11 is 0. The molecule has 6 heteroatoms. The lowest BCUT2D eigenvalue weighted by molar-refractivity contribution is -0.145. The van der Waals surface area contributed by atoms with Crippen molar-refractivity contribution in [3.05, 3.63) is 59.9 Å². The summed E-state index contributed by atoms with van der Waals surface area (Å²) in [7, 11) is 0. The van der Waals surface area contributed by atoms with Crippen LogP contribution in [-0.2, 0) is 9.53 Å². The first kappa shape index (κ1) is 22.0. The number of rotatable bonds is 11. The second-order valence-electron chi connectivity index (χ2n) is 7.46. The van der Waals surface area contributed by atoms with Gasteiger partial charge in [0.05, 0.1) is 18.9 Å². The lowest BCUT2D eigenvalue weighted by Gasteiger charge is -2.15. The summed E-state index contributed by atoms with van der Waals surface area (Å²) in [5.74, 6) is -0.512. The van der Waals surface area contributed by atoms with Crippen LogP contribution in [0.3, 0.4) is 0 Å². The van der Waals surface area contributed by atoms with Crippen molar-refractivity contribution in [2.75, 3.05) is 32.8 Å². The average molecular weight is 411 g/mol. The zero-order valence-electron chi connectivity index (χ0n) is 17.6. The highest BCUT2D eigenvalue weighted by Gasteiger charge is 2.26. The van der Waals surface area contributed by atoms with Crippen molar-refractivity contribution in [2.24, 2.45) is 0 Å². The highest BCUT2D eigenvalue weighted by Crippen LogP contribution is 2.23. The number of ketones is 1. The Bertz CT molecular complexity index is 802. The van der Waals surface area contributed by atoms with E-state index in [-0.39, 0.29) is 18.8 Å². The summed E-state index contributed by atoms with van der Waals surface area (Å²) in [5, 5.41) is 0. The summed E-state index contributed by atoms with van der Waals surface area (Å²) in [5.41, 5.74) is 1.09. The van der Waals surface area contributed by atoms with Crippen LogP contribution in [0.5, 0.6) is 5.75 Å². The van der Waals surface area contributed by atoms with Gasteiger partial charge in [-0.3, -0.25) is 14.6 Å². The molecule has 0 aliphatic carbocycles. The van der Waals surface area contributed by atoms with Gasteiger partial charge in [0, 0.05) is 24.7 Å². The van der Waals surface area contributed by atoms with Crippen molar-refractivity contribution in [3.63, 3.8) is 0 Å². The smallest absolute Gasteiger partial charge is 0.315 e. The maximum absolute atomic E-state index is 12.8. The Balaban J connectivity index is 1.53. The molecule has 1 aromatic heterocycles. The molecule has 0 amide bonds. The van der Waals surface area contributed by atoms with E-state index in [1.165, 1.54) is 25.9 Å². The number of hydrogen-bond acceptors (Lipinski definition) is 6. The van der Waals surface area contributed by atoms with Gasteiger partial charge in [0.1, 0.15) is 11.7 Å². The lowest BCUT2D eigenvalue weighted by atomic mass is 9.95. The van der Waals surface area contributed by atoms with Crippen LogP contribution in [0.2, 0.25) is 0 Å². The van der Waals surface area contributed by atoms with Gasteiger partial charge in [-0.25, -0.2) is 0 Å². The molecule has 1 aliphatic heterocycles. The van der Waals surface area contributed by atoms with Gasteiger partial charge in [0.2, 0.25) is 0 Å². The zero-order valence-corrected chi connectivity index (χ0v) is 17.6. The summed E-state index contributed by atoms with van der Waals surface area (Å²) in [4.78, 5) is 31.8. The number of pyridine rings is 1. The summed E-state index contributed by atoms with van der Waals surface area (Å²) < 4.78 is 11.0. The Kier molecular flexibility index (Phi) is 8.39. The van der Waals surface area contributed by atoms with Gasteiger partial charge in [0.25, 0.3) is 0 Å². The van der Waals surface area contributed by atoms with E-state index in [9.17, 15) is 9.59 Å². The average Bonchev–Trinajstić information content (AvgIpc) is 3.29. The second-order valence-corrected chi connectivity index (χ2v) is 7.46. The maximum atomic E-state index is 12.8. The van der Waals surface area contributed by atoms with E-state index in [0.717, 1.165) is 18.7 Å². The predicted octanol–water partition coefficient (Wildman–Crippen LogP) is 3.87. The van der Waals surface area contributed by atoms with E-state index in [4.69, 9.17) is 9.47 Å². The molecule has 1 aliphatic rings. The van der Waals surface area contributed by atoms with E-state index in [2.05, 4.69) is 9.88 Å². The first-order valence-electron chi connectivity index (χ1n) is 10.7. The molecule has 1 saturated heterocycles. The summed E-state index contributed by atoms with van der Waals surface area (Å²) in [6.07, 6.45) is 5.22. The van der Waals surface area contributed by atoms with E-state index < -0.39 is 11.9 Å². The van der Waals surface area contributed by atoms with Gasteiger partial charge in [-0.15, -0.1) is 0 Å². The molecule has 0 N–H and O–H groups in total. The summed E-state index contributed by atoms with van der Waals surface area (Å²) in [6, 6.07) is 12.4. The Morgan fingerprint density at radius 3 is 2.53 bits per heavy atom. The molecule has 1 fully saturated rings. The van der Waals surface area contributed by atoms with Gasteiger partial charge in [-0.1, -0.05) is 6.07 Å². The topological polar surface area (TPSA) is 68.7 Å². The van der Waals surface area contributed by atoms with Crippen LogP contribution in [0.15, 0.2) is 48.7 Å². The Morgan fingerprint density at radius 2 is 1.87 bits per heavy atom. The number of Topliss-reactive ketones (excluding diaryl/α,β-unsaturated/α-hetero) is 1. The number of nitrogens with zero attached hydrogens (tertiary/aromatic N) is 2. The van der Waals surface area contributed by atoms with Crippen molar-refractivity contribution in [2.45, 2.75) is 38.5 Å². The third-order valence-electron chi connectivity index (χ3n) is 5.27. The fraction of sp³-hybridized carbons (Fsp3) is 0.458. The normalized spacial score (nSPS) is 15.0. The van der Waals surface area contributed by atoms with Crippen LogP contribution < -0.4 is 4.74 Å². The van der Waals surface area contributed by atoms with E-state index in [1.54, 1.807) is 43.5 Å². The standard InChI is InChI=1S/C24H30N2O4/c1-2-29-24(28)21(22-8-3-4-13-25-22)18-23(27)19-9-11-20(12-10-19)30-17-7-16-26-14-5-6-15-26/h3-4,8-13,21H,2,5-7,14-18H2,1H3. The number of carbonyl (C=O) groups excluding carboxylic acids is 2. The van der Waals surface area contributed by atoms with Gasteiger partial charge < -0.3 is 14.4 Å². The molecular formula is C24H30N2O4. The first-order chi connectivity index (χ1) is 14.7.